The number of halogens is 4. The largest absolute Gasteiger partial charge is 0.416 e. The fourth-order valence-corrected chi connectivity index (χ4v) is 1.51. The summed E-state index contributed by atoms with van der Waals surface area (Å²) in [6.07, 6.45) is -7.23. The fraction of sp³-hybridized carbons (Fsp3) is 0.455. The molecule has 3 N–H and O–H groups in total. The number of aliphatic hydroxyl groups is 1. The molecule has 0 amide bonds. The number of hydrogen-bond donors (Lipinski definition) is 2. The minimum atomic E-state index is -4.70. The smallest absolute Gasteiger partial charge is 0.382 e. The van der Waals surface area contributed by atoms with Crippen LogP contribution in [0, 0.1) is 13.8 Å². The number of alkyl halides is 3. The molecule has 0 aliphatic rings. The first-order valence-electron chi connectivity index (χ1n) is 4.81. The molecule has 0 bridgehead atoms. The second-order valence-electron chi connectivity index (χ2n) is 3.80. The van der Waals surface area contributed by atoms with Gasteiger partial charge in [0.1, 0.15) is 0 Å². The van der Waals surface area contributed by atoms with Crippen molar-refractivity contribution in [2.45, 2.75) is 32.2 Å². The van der Waals surface area contributed by atoms with Crippen molar-refractivity contribution in [2.75, 3.05) is 0 Å². The van der Waals surface area contributed by atoms with Gasteiger partial charge in [-0.05, 0) is 30.5 Å². The molecule has 17 heavy (non-hydrogen) atoms. The van der Waals surface area contributed by atoms with E-state index in [4.69, 9.17) is 10.8 Å². The van der Waals surface area contributed by atoms with Crippen LogP contribution in [0.5, 0.6) is 0 Å². The summed E-state index contributed by atoms with van der Waals surface area (Å²) in [5, 5.41) is 9.07. The summed E-state index contributed by atoms with van der Waals surface area (Å²) in [6, 6.07) is 3.47. The molecule has 0 unspecified atom stereocenters. The molecule has 1 aromatic carbocycles. The molecule has 2 atom stereocenters. The van der Waals surface area contributed by atoms with E-state index >= 15 is 0 Å². The monoisotopic (exact) mass is 269 g/mol. The molecule has 0 radical (unpaired) electrons. The summed E-state index contributed by atoms with van der Waals surface area (Å²) < 4.78 is 36.9. The molecule has 0 fully saturated rings. The molecular weight excluding hydrogens is 255 g/mol. The van der Waals surface area contributed by atoms with Crippen molar-refractivity contribution in [1.29, 1.82) is 0 Å². The van der Waals surface area contributed by atoms with E-state index in [1.54, 1.807) is 26.0 Å². The highest BCUT2D eigenvalue weighted by Crippen LogP contribution is 2.30. The molecule has 1 rings (SSSR count). The molecule has 2 nitrogen and oxygen atoms in total. The van der Waals surface area contributed by atoms with Gasteiger partial charge in [0.05, 0.1) is 6.04 Å². The van der Waals surface area contributed by atoms with E-state index < -0.39 is 18.3 Å². The Kier molecular flexibility index (Phi) is 5.45. The zero-order valence-corrected chi connectivity index (χ0v) is 10.3. The molecule has 0 saturated carbocycles. The molecule has 0 heterocycles. The predicted molar refractivity (Wildman–Crippen MR) is 62.2 cm³/mol. The van der Waals surface area contributed by atoms with E-state index in [1.165, 1.54) is 6.07 Å². The maximum atomic E-state index is 12.3. The van der Waals surface area contributed by atoms with Crippen molar-refractivity contribution < 1.29 is 18.3 Å². The van der Waals surface area contributed by atoms with Gasteiger partial charge in [-0.25, -0.2) is 0 Å². The van der Waals surface area contributed by atoms with Crippen LogP contribution in [-0.4, -0.2) is 17.4 Å². The molecule has 98 valence electrons. The average molecular weight is 270 g/mol. The molecule has 0 aliphatic heterocycles. The van der Waals surface area contributed by atoms with E-state index in [9.17, 15) is 13.2 Å². The standard InChI is InChI=1S/C11H14F3NO.ClH/c1-6-4-3-5-8(7(6)2)9(15)10(16)11(12,13)14;/h3-5,9-10,16H,15H2,1-2H3;1H/t9-,10-;/m0./s1. The third kappa shape index (κ3) is 3.59. The molecule has 0 saturated heterocycles. The highest BCUT2D eigenvalue weighted by molar-refractivity contribution is 5.85. The number of nitrogens with two attached hydrogens (primary N) is 1. The normalized spacial score (nSPS) is 15.0. The SMILES string of the molecule is Cc1cccc([C@H](N)[C@H](O)C(F)(F)F)c1C.Cl. The quantitative estimate of drug-likeness (QED) is 0.867. The van der Waals surface area contributed by atoms with Crippen LogP contribution in [0.25, 0.3) is 0 Å². The second-order valence-corrected chi connectivity index (χ2v) is 3.80. The van der Waals surface area contributed by atoms with Gasteiger partial charge < -0.3 is 10.8 Å². The van der Waals surface area contributed by atoms with Gasteiger partial charge in [0.15, 0.2) is 6.10 Å². The van der Waals surface area contributed by atoms with Crippen molar-refractivity contribution in [3.63, 3.8) is 0 Å². The van der Waals surface area contributed by atoms with E-state index in [1.807, 2.05) is 0 Å². The van der Waals surface area contributed by atoms with Gasteiger partial charge in [-0.2, -0.15) is 13.2 Å². The Balaban J connectivity index is 0.00000256. The van der Waals surface area contributed by atoms with E-state index in [-0.39, 0.29) is 12.4 Å². The second kappa shape index (κ2) is 5.71. The van der Waals surface area contributed by atoms with Crippen LogP contribution in [0.3, 0.4) is 0 Å². The molecular formula is C11H15ClF3NO. The Morgan fingerprint density at radius 3 is 2.24 bits per heavy atom. The van der Waals surface area contributed by atoms with Crippen LogP contribution < -0.4 is 5.73 Å². The lowest BCUT2D eigenvalue weighted by Crippen LogP contribution is -2.39. The van der Waals surface area contributed by atoms with Gasteiger partial charge >= 0.3 is 6.18 Å². The molecule has 0 spiro atoms. The predicted octanol–water partition coefficient (Wildman–Crippen LogP) is 2.65. The average Bonchev–Trinajstić information content (AvgIpc) is 2.18. The minimum Gasteiger partial charge on any atom is -0.382 e. The van der Waals surface area contributed by atoms with Gasteiger partial charge in [0.2, 0.25) is 0 Å². The summed E-state index contributed by atoms with van der Waals surface area (Å²) in [5.74, 6) is 0. The Labute approximate surface area is 104 Å². The molecule has 0 aromatic heterocycles. The third-order valence-electron chi connectivity index (χ3n) is 2.68. The van der Waals surface area contributed by atoms with Crippen molar-refractivity contribution in [1.82, 2.24) is 0 Å². The van der Waals surface area contributed by atoms with E-state index in [2.05, 4.69) is 0 Å². The molecule has 6 heteroatoms. The zero-order chi connectivity index (χ0) is 12.5. The summed E-state index contributed by atoms with van der Waals surface area (Å²) in [5.41, 5.74) is 7.28. The van der Waals surface area contributed by atoms with Crippen LogP contribution in [0.15, 0.2) is 18.2 Å². The lowest BCUT2D eigenvalue weighted by molar-refractivity contribution is -0.210. The number of benzene rings is 1. The van der Waals surface area contributed by atoms with Crippen LogP contribution in [0.2, 0.25) is 0 Å². The van der Waals surface area contributed by atoms with Gasteiger partial charge in [-0.3, -0.25) is 0 Å². The topological polar surface area (TPSA) is 46.2 Å². The first-order chi connectivity index (χ1) is 7.25. The zero-order valence-electron chi connectivity index (χ0n) is 9.45. The van der Waals surface area contributed by atoms with Gasteiger partial charge in [-0.15, -0.1) is 12.4 Å². The van der Waals surface area contributed by atoms with Crippen molar-refractivity contribution >= 4 is 12.4 Å². The van der Waals surface area contributed by atoms with Crippen molar-refractivity contribution in [2.24, 2.45) is 5.73 Å². The van der Waals surface area contributed by atoms with Gasteiger partial charge in [0.25, 0.3) is 0 Å². The van der Waals surface area contributed by atoms with Gasteiger partial charge in [-0.1, -0.05) is 18.2 Å². The van der Waals surface area contributed by atoms with Gasteiger partial charge in [0, 0.05) is 0 Å². The fourth-order valence-electron chi connectivity index (χ4n) is 1.51. The summed E-state index contributed by atoms with van der Waals surface area (Å²) in [6.45, 7) is 3.47. The Bertz CT molecular complexity index is 381. The number of aryl methyl sites for hydroxylation is 1. The number of rotatable bonds is 2. The van der Waals surface area contributed by atoms with E-state index in [0.29, 0.717) is 11.1 Å². The maximum Gasteiger partial charge on any atom is 0.416 e. The number of aliphatic hydroxyl groups excluding tert-OH is 1. The molecule has 1 aromatic rings. The first-order valence-corrected chi connectivity index (χ1v) is 4.81. The summed E-state index contributed by atoms with van der Waals surface area (Å²) >= 11 is 0. The summed E-state index contributed by atoms with van der Waals surface area (Å²) in [7, 11) is 0. The first kappa shape index (κ1) is 16.2. The van der Waals surface area contributed by atoms with E-state index in [0.717, 1.165) is 5.56 Å². The maximum absolute atomic E-state index is 12.3. The van der Waals surface area contributed by atoms with Crippen molar-refractivity contribution in [3.05, 3.63) is 34.9 Å². The van der Waals surface area contributed by atoms with Crippen LogP contribution in [0.4, 0.5) is 13.2 Å². The Morgan fingerprint density at radius 2 is 1.76 bits per heavy atom. The third-order valence-corrected chi connectivity index (χ3v) is 2.68. The van der Waals surface area contributed by atoms with Crippen LogP contribution >= 0.6 is 12.4 Å². The lowest BCUT2D eigenvalue weighted by atomic mass is 9.94. The minimum absolute atomic E-state index is 0. The number of hydrogen-bond acceptors (Lipinski definition) is 2. The highest BCUT2D eigenvalue weighted by Gasteiger charge is 2.43. The highest BCUT2D eigenvalue weighted by atomic mass is 35.5. The Hall–Kier alpha value is -0.780. The Morgan fingerprint density at radius 1 is 1.24 bits per heavy atom. The van der Waals surface area contributed by atoms with Crippen LogP contribution in [-0.2, 0) is 0 Å². The molecule has 0 aliphatic carbocycles. The van der Waals surface area contributed by atoms with Crippen molar-refractivity contribution in [3.8, 4) is 0 Å². The lowest BCUT2D eigenvalue weighted by Gasteiger charge is -2.23. The van der Waals surface area contributed by atoms with Crippen LogP contribution in [0.1, 0.15) is 22.7 Å². The summed E-state index contributed by atoms with van der Waals surface area (Å²) in [4.78, 5) is 0.